The standard InChI is InChI=1S/C14H28N2O.ClH/c1-11(13-7-5-4-6-8-13)9-14(17)16-10-12(2)15-3;/h11-13,15H,4-10H2,1-3H3,(H,16,17);1H. The van der Waals surface area contributed by atoms with Gasteiger partial charge < -0.3 is 10.6 Å². The van der Waals surface area contributed by atoms with E-state index in [1.165, 1.54) is 32.1 Å². The van der Waals surface area contributed by atoms with Crippen LogP contribution in [-0.4, -0.2) is 25.5 Å². The molecule has 2 atom stereocenters. The quantitative estimate of drug-likeness (QED) is 0.783. The fraction of sp³-hybridized carbons (Fsp3) is 0.929. The summed E-state index contributed by atoms with van der Waals surface area (Å²) in [4.78, 5) is 11.8. The third-order valence-corrected chi connectivity index (χ3v) is 4.06. The van der Waals surface area contributed by atoms with Gasteiger partial charge in [0.15, 0.2) is 0 Å². The summed E-state index contributed by atoms with van der Waals surface area (Å²) in [5, 5.41) is 6.12. The van der Waals surface area contributed by atoms with Crippen LogP contribution in [0.1, 0.15) is 52.4 Å². The molecule has 2 unspecified atom stereocenters. The van der Waals surface area contributed by atoms with Gasteiger partial charge in [-0.1, -0.05) is 39.0 Å². The maximum Gasteiger partial charge on any atom is 0.220 e. The van der Waals surface area contributed by atoms with Crippen LogP contribution < -0.4 is 10.6 Å². The van der Waals surface area contributed by atoms with Crippen molar-refractivity contribution in [3.63, 3.8) is 0 Å². The van der Waals surface area contributed by atoms with E-state index in [0.717, 1.165) is 12.5 Å². The van der Waals surface area contributed by atoms with Crippen molar-refractivity contribution in [2.45, 2.75) is 58.4 Å². The molecule has 1 amide bonds. The van der Waals surface area contributed by atoms with Gasteiger partial charge in [0.1, 0.15) is 0 Å². The number of rotatable bonds is 6. The number of halogens is 1. The van der Waals surface area contributed by atoms with Gasteiger partial charge in [-0.3, -0.25) is 4.79 Å². The molecule has 2 N–H and O–H groups in total. The van der Waals surface area contributed by atoms with Crippen LogP contribution in [0.3, 0.4) is 0 Å². The molecule has 0 radical (unpaired) electrons. The molecule has 4 heteroatoms. The summed E-state index contributed by atoms with van der Waals surface area (Å²) in [6.07, 6.45) is 7.43. The van der Waals surface area contributed by atoms with Crippen molar-refractivity contribution in [3.05, 3.63) is 0 Å². The van der Waals surface area contributed by atoms with E-state index in [1.807, 2.05) is 7.05 Å². The first kappa shape index (κ1) is 17.7. The van der Waals surface area contributed by atoms with Crippen LogP contribution in [0.5, 0.6) is 0 Å². The molecule has 0 aromatic heterocycles. The van der Waals surface area contributed by atoms with Gasteiger partial charge in [-0.15, -0.1) is 12.4 Å². The van der Waals surface area contributed by atoms with E-state index >= 15 is 0 Å². The Morgan fingerprint density at radius 2 is 1.83 bits per heavy atom. The van der Waals surface area contributed by atoms with E-state index < -0.39 is 0 Å². The molecule has 0 spiro atoms. The van der Waals surface area contributed by atoms with Crippen LogP contribution in [0.25, 0.3) is 0 Å². The predicted octanol–water partition coefficient (Wildman–Crippen LogP) is 2.74. The zero-order valence-corrected chi connectivity index (χ0v) is 12.8. The van der Waals surface area contributed by atoms with Crippen LogP contribution in [0, 0.1) is 11.8 Å². The van der Waals surface area contributed by atoms with E-state index in [9.17, 15) is 4.79 Å². The number of carbonyl (C=O) groups excluding carboxylic acids is 1. The number of nitrogens with one attached hydrogen (secondary N) is 2. The molecule has 1 aliphatic carbocycles. The average Bonchev–Trinajstić information content (AvgIpc) is 2.36. The summed E-state index contributed by atoms with van der Waals surface area (Å²) < 4.78 is 0. The van der Waals surface area contributed by atoms with Crippen molar-refractivity contribution in [2.75, 3.05) is 13.6 Å². The van der Waals surface area contributed by atoms with E-state index in [2.05, 4.69) is 24.5 Å². The highest BCUT2D eigenvalue weighted by atomic mass is 35.5. The largest absolute Gasteiger partial charge is 0.355 e. The topological polar surface area (TPSA) is 41.1 Å². The number of amides is 1. The minimum absolute atomic E-state index is 0. The molecule has 0 heterocycles. The zero-order valence-electron chi connectivity index (χ0n) is 12.0. The van der Waals surface area contributed by atoms with E-state index in [1.54, 1.807) is 0 Å². The van der Waals surface area contributed by atoms with Gasteiger partial charge in [-0.25, -0.2) is 0 Å². The number of hydrogen-bond acceptors (Lipinski definition) is 2. The third kappa shape index (κ3) is 6.60. The van der Waals surface area contributed by atoms with Gasteiger partial charge >= 0.3 is 0 Å². The van der Waals surface area contributed by atoms with Crippen molar-refractivity contribution in [3.8, 4) is 0 Å². The van der Waals surface area contributed by atoms with Crippen LogP contribution in [-0.2, 0) is 4.79 Å². The maximum atomic E-state index is 11.8. The Kier molecular flexibility index (Phi) is 9.47. The third-order valence-electron chi connectivity index (χ3n) is 4.06. The first-order chi connectivity index (χ1) is 8.13. The summed E-state index contributed by atoms with van der Waals surface area (Å²) >= 11 is 0. The molecule has 108 valence electrons. The molecule has 0 aromatic rings. The second-order valence-corrected chi connectivity index (χ2v) is 5.57. The van der Waals surface area contributed by atoms with Crippen molar-refractivity contribution < 1.29 is 4.79 Å². The highest BCUT2D eigenvalue weighted by Crippen LogP contribution is 2.31. The SMILES string of the molecule is CNC(C)CNC(=O)CC(C)C1CCCCC1.Cl. The second kappa shape index (κ2) is 9.62. The lowest BCUT2D eigenvalue weighted by Crippen LogP contribution is -2.38. The molecule has 18 heavy (non-hydrogen) atoms. The van der Waals surface area contributed by atoms with Crippen molar-refractivity contribution in [1.29, 1.82) is 0 Å². The normalized spacial score (nSPS) is 19.7. The first-order valence-electron chi connectivity index (χ1n) is 7.07. The van der Waals surface area contributed by atoms with Crippen molar-refractivity contribution >= 4 is 18.3 Å². The Morgan fingerprint density at radius 3 is 2.39 bits per heavy atom. The summed E-state index contributed by atoms with van der Waals surface area (Å²) in [6, 6.07) is 0.351. The van der Waals surface area contributed by atoms with Crippen LogP contribution in [0.15, 0.2) is 0 Å². The zero-order chi connectivity index (χ0) is 12.7. The molecule has 0 aromatic carbocycles. The predicted molar refractivity (Wildman–Crippen MR) is 79.1 cm³/mol. The molecule has 1 fully saturated rings. The smallest absolute Gasteiger partial charge is 0.220 e. The Bertz CT molecular complexity index is 230. The maximum absolute atomic E-state index is 11.8. The van der Waals surface area contributed by atoms with Gasteiger partial charge in [0.2, 0.25) is 5.91 Å². The van der Waals surface area contributed by atoms with Gasteiger partial charge in [0.05, 0.1) is 0 Å². The van der Waals surface area contributed by atoms with E-state index in [4.69, 9.17) is 0 Å². The first-order valence-corrected chi connectivity index (χ1v) is 7.07. The second-order valence-electron chi connectivity index (χ2n) is 5.57. The molecule has 1 aliphatic rings. The lowest BCUT2D eigenvalue weighted by atomic mass is 9.79. The average molecular weight is 277 g/mol. The van der Waals surface area contributed by atoms with Crippen molar-refractivity contribution in [2.24, 2.45) is 11.8 Å². The van der Waals surface area contributed by atoms with Gasteiger partial charge in [0.25, 0.3) is 0 Å². The highest BCUT2D eigenvalue weighted by Gasteiger charge is 2.21. The summed E-state index contributed by atoms with van der Waals surface area (Å²) in [5.41, 5.74) is 0. The Labute approximate surface area is 118 Å². The number of hydrogen-bond donors (Lipinski definition) is 2. The van der Waals surface area contributed by atoms with Crippen molar-refractivity contribution in [1.82, 2.24) is 10.6 Å². The Morgan fingerprint density at radius 1 is 1.22 bits per heavy atom. The fourth-order valence-electron chi connectivity index (χ4n) is 2.60. The van der Waals surface area contributed by atoms with Gasteiger partial charge in [-0.2, -0.15) is 0 Å². The molecule has 0 saturated heterocycles. The Balaban J connectivity index is 0.00000289. The monoisotopic (exact) mass is 276 g/mol. The summed E-state index contributed by atoms with van der Waals surface area (Å²) in [6.45, 7) is 5.04. The highest BCUT2D eigenvalue weighted by molar-refractivity contribution is 5.85. The molecule has 1 rings (SSSR count). The molecular weight excluding hydrogens is 248 g/mol. The number of likely N-dealkylation sites (N-methyl/N-ethyl adjacent to an activating group) is 1. The van der Waals surface area contributed by atoms with Gasteiger partial charge in [0, 0.05) is 19.0 Å². The molecule has 3 nitrogen and oxygen atoms in total. The lowest BCUT2D eigenvalue weighted by Gasteiger charge is -2.27. The summed E-state index contributed by atoms with van der Waals surface area (Å²) in [7, 11) is 1.92. The molecule has 1 saturated carbocycles. The van der Waals surface area contributed by atoms with Crippen LogP contribution in [0.2, 0.25) is 0 Å². The minimum Gasteiger partial charge on any atom is -0.355 e. The summed E-state index contributed by atoms with van der Waals surface area (Å²) in [5.74, 6) is 1.53. The molecule has 0 aliphatic heterocycles. The Hall–Kier alpha value is -0.280. The van der Waals surface area contributed by atoms with Gasteiger partial charge in [-0.05, 0) is 25.8 Å². The fourth-order valence-corrected chi connectivity index (χ4v) is 2.60. The molecule has 0 bridgehead atoms. The van der Waals surface area contributed by atoms with E-state index in [-0.39, 0.29) is 18.3 Å². The van der Waals surface area contributed by atoms with Crippen LogP contribution in [0.4, 0.5) is 0 Å². The van der Waals surface area contributed by atoms with E-state index in [0.29, 0.717) is 18.4 Å². The lowest BCUT2D eigenvalue weighted by molar-refractivity contribution is -0.122. The number of carbonyl (C=O) groups is 1. The van der Waals surface area contributed by atoms with Crippen LogP contribution >= 0.6 is 12.4 Å². The minimum atomic E-state index is 0. The molecular formula is C14H29ClN2O.